The quantitative estimate of drug-likeness (QED) is 0.604. The van der Waals surface area contributed by atoms with Crippen LogP contribution in [0.4, 0.5) is 0 Å². The zero-order chi connectivity index (χ0) is 11.2. The van der Waals surface area contributed by atoms with E-state index < -0.39 is 22.0 Å². The van der Waals surface area contributed by atoms with Crippen molar-refractivity contribution in [1.82, 2.24) is 4.72 Å². The summed E-state index contributed by atoms with van der Waals surface area (Å²) in [5.74, 6) is -1.19. The summed E-state index contributed by atoms with van der Waals surface area (Å²) in [6, 6.07) is -0.602. The maximum absolute atomic E-state index is 11.2. The SMILES string of the molecule is COCCS(=O)(=O)NC(C)CC(=O)O. The molecule has 0 spiro atoms. The van der Waals surface area contributed by atoms with Crippen LogP contribution in [0, 0.1) is 0 Å². The summed E-state index contributed by atoms with van der Waals surface area (Å²) in [6.07, 6.45) is -0.230. The molecule has 0 aromatic rings. The molecule has 0 aliphatic rings. The van der Waals surface area contributed by atoms with Crippen LogP contribution in [0.1, 0.15) is 13.3 Å². The maximum atomic E-state index is 11.2. The Labute approximate surface area is 83.3 Å². The summed E-state index contributed by atoms with van der Waals surface area (Å²) < 4.78 is 29.2. The summed E-state index contributed by atoms with van der Waals surface area (Å²) in [4.78, 5) is 10.3. The smallest absolute Gasteiger partial charge is 0.304 e. The predicted molar refractivity (Wildman–Crippen MR) is 50.5 cm³/mol. The molecule has 0 fully saturated rings. The van der Waals surface area contributed by atoms with E-state index in [2.05, 4.69) is 9.46 Å². The maximum Gasteiger partial charge on any atom is 0.304 e. The third-order valence-electron chi connectivity index (χ3n) is 1.42. The lowest BCUT2D eigenvalue weighted by Gasteiger charge is -2.11. The van der Waals surface area contributed by atoms with E-state index >= 15 is 0 Å². The Kier molecular flexibility index (Phi) is 5.66. The fourth-order valence-corrected chi connectivity index (χ4v) is 2.06. The Morgan fingerprint density at radius 3 is 2.57 bits per heavy atom. The summed E-state index contributed by atoms with van der Waals surface area (Å²) >= 11 is 0. The van der Waals surface area contributed by atoms with Gasteiger partial charge in [0.25, 0.3) is 0 Å². The van der Waals surface area contributed by atoms with Crippen LogP contribution in [0.15, 0.2) is 0 Å². The molecular formula is C7H15NO5S. The first-order valence-electron chi connectivity index (χ1n) is 4.08. The second-order valence-corrected chi connectivity index (χ2v) is 4.80. The first-order valence-corrected chi connectivity index (χ1v) is 5.73. The van der Waals surface area contributed by atoms with Gasteiger partial charge in [-0.25, -0.2) is 13.1 Å². The summed E-state index contributed by atoms with van der Waals surface area (Å²) in [5, 5.41) is 8.40. The van der Waals surface area contributed by atoms with Crippen molar-refractivity contribution >= 4 is 16.0 Å². The van der Waals surface area contributed by atoms with Gasteiger partial charge >= 0.3 is 5.97 Å². The first-order chi connectivity index (χ1) is 6.37. The van der Waals surface area contributed by atoms with Gasteiger partial charge in [0, 0.05) is 13.2 Å². The average Bonchev–Trinajstić information content (AvgIpc) is 1.98. The van der Waals surface area contributed by atoms with Crippen molar-refractivity contribution in [3.05, 3.63) is 0 Å². The Morgan fingerprint density at radius 1 is 1.57 bits per heavy atom. The Hall–Kier alpha value is -0.660. The normalized spacial score (nSPS) is 13.9. The number of ether oxygens (including phenoxy) is 1. The van der Waals surface area contributed by atoms with Gasteiger partial charge < -0.3 is 9.84 Å². The zero-order valence-corrected chi connectivity index (χ0v) is 9.00. The molecule has 0 heterocycles. The Bertz CT molecular complexity index is 274. The van der Waals surface area contributed by atoms with Gasteiger partial charge in [0.1, 0.15) is 0 Å². The van der Waals surface area contributed by atoms with E-state index in [9.17, 15) is 13.2 Å². The van der Waals surface area contributed by atoms with Crippen LogP contribution < -0.4 is 4.72 Å². The van der Waals surface area contributed by atoms with E-state index in [0.717, 1.165) is 0 Å². The number of hydrogen-bond donors (Lipinski definition) is 2. The lowest BCUT2D eigenvalue weighted by molar-refractivity contribution is -0.137. The molecule has 0 saturated carbocycles. The highest BCUT2D eigenvalue weighted by molar-refractivity contribution is 7.89. The van der Waals surface area contributed by atoms with Crippen molar-refractivity contribution in [2.24, 2.45) is 0 Å². The number of nitrogens with one attached hydrogen (secondary N) is 1. The second kappa shape index (κ2) is 5.94. The molecular weight excluding hydrogens is 210 g/mol. The van der Waals surface area contributed by atoms with Gasteiger partial charge in [-0.1, -0.05) is 0 Å². The van der Waals surface area contributed by atoms with Gasteiger partial charge in [-0.15, -0.1) is 0 Å². The molecule has 0 amide bonds. The molecule has 1 atom stereocenters. The highest BCUT2D eigenvalue weighted by atomic mass is 32.2. The summed E-state index contributed by atoms with van der Waals surface area (Å²) in [6.45, 7) is 1.59. The number of hydrogen-bond acceptors (Lipinski definition) is 4. The average molecular weight is 225 g/mol. The van der Waals surface area contributed by atoms with Crippen LogP contribution in [0.2, 0.25) is 0 Å². The molecule has 0 aromatic carbocycles. The van der Waals surface area contributed by atoms with Crippen LogP contribution in [0.3, 0.4) is 0 Å². The number of methoxy groups -OCH3 is 1. The van der Waals surface area contributed by atoms with Crippen LogP contribution >= 0.6 is 0 Å². The van der Waals surface area contributed by atoms with Crippen LogP contribution in [0.25, 0.3) is 0 Å². The molecule has 0 aliphatic heterocycles. The van der Waals surface area contributed by atoms with Gasteiger partial charge in [0.15, 0.2) is 0 Å². The minimum atomic E-state index is -3.43. The minimum absolute atomic E-state index is 0.0924. The number of carboxylic acids is 1. The van der Waals surface area contributed by atoms with Crippen LogP contribution in [-0.2, 0) is 19.6 Å². The molecule has 14 heavy (non-hydrogen) atoms. The van der Waals surface area contributed by atoms with Gasteiger partial charge in [0.2, 0.25) is 10.0 Å². The molecule has 84 valence electrons. The lowest BCUT2D eigenvalue weighted by atomic mass is 10.3. The third kappa shape index (κ3) is 6.81. The number of carboxylic acid groups (broad SMARTS) is 1. The molecule has 1 unspecified atom stereocenters. The predicted octanol–water partition coefficient (Wildman–Crippen LogP) is -0.585. The molecule has 0 bridgehead atoms. The Morgan fingerprint density at radius 2 is 2.14 bits per heavy atom. The largest absolute Gasteiger partial charge is 0.481 e. The van der Waals surface area contributed by atoms with E-state index in [-0.39, 0.29) is 18.8 Å². The minimum Gasteiger partial charge on any atom is -0.481 e. The third-order valence-corrected chi connectivity index (χ3v) is 2.88. The highest BCUT2D eigenvalue weighted by Crippen LogP contribution is 1.94. The van der Waals surface area contributed by atoms with Crippen molar-refractivity contribution in [1.29, 1.82) is 0 Å². The molecule has 0 aliphatic carbocycles. The molecule has 6 nitrogen and oxygen atoms in total. The molecule has 0 aromatic heterocycles. The summed E-state index contributed by atoms with van der Waals surface area (Å²) in [7, 11) is -2.03. The van der Waals surface area contributed by atoms with E-state index in [1.807, 2.05) is 0 Å². The fourth-order valence-electron chi connectivity index (χ4n) is 0.862. The Balaban J connectivity index is 4.02. The zero-order valence-electron chi connectivity index (χ0n) is 8.19. The molecule has 0 rings (SSSR count). The van der Waals surface area contributed by atoms with Crippen LogP contribution in [0.5, 0.6) is 0 Å². The standard InChI is InChI=1S/C7H15NO5S/c1-6(5-7(9)10)8-14(11,12)4-3-13-2/h6,8H,3-5H2,1-2H3,(H,9,10). The molecule has 2 N–H and O–H groups in total. The number of rotatable bonds is 7. The van der Waals surface area contributed by atoms with Crippen molar-refractivity contribution in [3.8, 4) is 0 Å². The van der Waals surface area contributed by atoms with Gasteiger partial charge in [0.05, 0.1) is 18.8 Å². The molecule has 7 heteroatoms. The van der Waals surface area contributed by atoms with E-state index in [0.29, 0.717) is 0 Å². The number of sulfonamides is 1. The van der Waals surface area contributed by atoms with Crippen molar-refractivity contribution in [2.45, 2.75) is 19.4 Å². The van der Waals surface area contributed by atoms with Crippen LogP contribution in [-0.4, -0.2) is 45.0 Å². The number of carbonyl (C=O) groups is 1. The summed E-state index contributed by atoms with van der Waals surface area (Å²) in [5.41, 5.74) is 0. The van der Waals surface area contributed by atoms with Crippen molar-refractivity contribution in [2.75, 3.05) is 19.5 Å². The van der Waals surface area contributed by atoms with E-state index in [1.165, 1.54) is 14.0 Å². The molecule has 0 radical (unpaired) electrons. The lowest BCUT2D eigenvalue weighted by Crippen LogP contribution is -2.36. The van der Waals surface area contributed by atoms with Crippen molar-refractivity contribution < 1.29 is 23.1 Å². The second-order valence-electron chi connectivity index (χ2n) is 2.93. The van der Waals surface area contributed by atoms with E-state index in [1.54, 1.807) is 0 Å². The molecule has 0 saturated heterocycles. The van der Waals surface area contributed by atoms with Crippen molar-refractivity contribution in [3.63, 3.8) is 0 Å². The number of aliphatic carboxylic acids is 1. The fraction of sp³-hybridized carbons (Fsp3) is 0.857. The monoisotopic (exact) mass is 225 g/mol. The highest BCUT2D eigenvalue weighted by Gasteiger charge is 2.15. The van der Waals surface area contributed by atoms with Gasteiger partial charge in [-0.3, -0.25) is 4.79 Å². The van der Waals surface area contributed by atoms with Gasteiger partial charge in [-0.05, 0) is 6.92 Å². The van der Waals surface area contributed by atoms with Gasteiger partial charge in [-0.2, -0.15) is 0 Å². The topological polar surface area (TPSA) is 92.7 Å². The first kappa shape index (κ1) is 13.3. The van der Waals surface area contributed by atoms with E-state index in [4.69, 9.17) is 5.11 Å².